The normalized spacial score (nSPS) is 11.6. The molecule has 2 heterocycles. The largest absolute Gasteiger partial charge is 0.271 e. The number of hydrogen-bond acceptors (Lipinski definition) is 6. The van der Waals surface area contributed by atoms with E-state index in [9.17, 15) is 17.6 Å². The van der Waals surface area contributed by atoms with Crippen LogP contribution in [0, 0.1) is 5.82 Å². The Kier molecular flexibility index (Phi) is 6.09. The van der Waals surface area contributed by atoms with E-state index in [1.54, 1.807) is 47.3 Å². The molecule has 2 aromatic heterocycles. The number of amides is 1. The SMILES string of the molecule is CS(=O)(=O)c1ccc(-c2nn(-c3ccc(F)cc3)cc2/C=N/NC(=O)c2ccncc2)cc1. The zero-order chi connectivity index (χ0) is 23.4. The minimum Gasteiger partial charge on any atom is -0.267 e. The van der Waals surface area contributed by atoms with Crippen LogP contribution in [-0.2, 0) is 9.84 Å². The van der Waals surface area contributed by atoms with Crippen LogP contribution in [0.1, 0.15) is 15.9 Å². The number of benzene rings is 2. The summed E-state index contributed by atoms with van der Waals surface area (Å²) in [5, 5.41) is 8.59. The zero-order valence-corrected chi connectivity index (χ0v) is 18.2. The lowest BCUT2D eigenvalue weighted by molar-refractivity contribution is 0.0955. The third-order valence-electron chi connectivity index (χ3n) is 4.70. The molecular formula is C23H18FN5O3S. The first-order chi connectivity index (χ1) is 15.8. The van der Waals surface area contributed by atoms with E-state index in [1.807, 2.05) is 0 Å². The van der Waals surface area contributed by atoms with Gasteiger partial charge in [0.1, 0.15) is 11.5 Å². The van der Waals surface area contributed by atoms with Crippen LogP contribution >= 0.6 is 0 Å². The number of hydrogen-bond donors (Lipinski definition) is 1. The van der Waals surface area contributed by atoms with E-state index in [2.05, 4.69) is 20.6 Å². The first-order valence-electron chi connectivity index (χ1n) is 9.71. The zero-order valence-electron chi connectivity index (χ0n) is 17.4. The number of pyridine rings is 1. The van der Waals surface area contributed by atoms with Gasteiger partial charge >= 0.3 is 0 Å². The smallest absolute Gasteiger partial charge is 0.267 e. The maximum Gasteiger partial charge on any atom is 0.271 e. The fourth-order valence-corrected chi connectivity index (χ4v) is 3.65. The lowest BCUT2D eigenvalue weighted by Crippen LogP contribution is -2.17. The van der Waals surface area contributed by atoms with Crippen LogP contribution in [0.5, 0.6) is 0 Å². The minimum absolute atomic E-state index is 0.184. The number of sulfone groups is 1. The van der Waals surface area contributed by atoms with E-state index in [0.717, 1.165) is 6.26 Å². The Morgan fingerprint density at radius 2 is 1.70 bits per heavy atom. The van der Waals surface area contributed by atoms with Crippen LogP contribution in [0.4, 0.5) is 4.39 Å². The predicted molar refractivity (Wildman–Crippen MR) is 121 cm³/mol. The summed E-state index contributed by atoms with van der Waals surface area (Å²) in [6, 6.07) is 15.2. The van der Waals surface area contributed by atoms with Crippen molar-refractivity contribution in [3.8, 4) is 16.9 Å². The average molecular weight is 463 g/mol. The molecule has 0 aliphatic heterocycles. The third-order valence-corrected chi connectivity index (χ3v) is 5.83. The summed E-state index contributed by atoms with van der Waals surface area (Å²) in [6.07, 6.45) is 7.25. The molecule has 1 amide bonds. The van der Waals surface area contributed by atoms with Gasteiger partial charge in [0.15, 0.2) is 9.84 Å². The molecule has 33 heavy (non-hydrogen) atoms. The minimum atomic E-state index is -3.34. The number of aromatic nitrogens is 3. The van der Waals surface area contributed by atoms with E-state index in [-0.39, 0.29) is 10.7 Å². The standard InChI is InChI=1S/C23H18FN5O3S/c1-33(31,32)21-8-2-16(3-9-21)22-18(14-26-27-23(30)17-10-12-25-13-11-17)15-29(28-22)20-6-4-19(24)5-7-20/h2-15H,1H3,(H,27,30)/b26-14+. The maximum atomic E-state index is 13.3. The summed E-state index contributed by atoms with van der Waals surface area (Å²) in [4.78, 5) is 16.3. The van der Waals surface area contributed by atoms with E-state index in [1.165, 1.54) is 42.9 Å². The highest BCUT2D eigenvalue weighted by Crippen LogP contribution is 2.24. The number of rotatable bonds is 6. The monoisotopic (exact) mass is 463 g/mol. The van der Waals surface area contributed by atoms with Gasteiger partial charge < -0.3 is 0 Å². The summed E-state index contributed by atoms with van der Waals surface area (Å²) in [7, 11) is -3.34. The molecule has 2 aromatic carbocycles. The van der Waals surface area contributed by atoms with Gasteiger partial charge in [0.25, 0.3) is 5.91 Å². The molecule has 0 unspecified atom stereocenters. The number of hydrazone groups is 1. The summed E-state index contributed by atoms with van der Waals surface area (Å²) >= 11 is 0. The van der Waals surface area contributed by atoms with Crippen molar-refractivity contribution in [2.24, 2.45) is 5.10 Å². The molecule has 0 aliphatic carbocycles. The van der Waals surface area contributed by atoms with E-state index in [0.29, 0.717) is 28.1 Å². The highest BCUT2D eigenvalue weighted by atomic mass is 32.2. The van der Waals surface area contributed by atoms with Gasteiger partial charge in [0.2, 0.25) is 0 Å². The van der Waals surface area contributed by atoms with E-state index < -0.39 is 15.7 Å². The Morgan fingerprint density at radius 1 is 1.03 bits per heavy atom. The van der Waals surface area contributed by atoms with Crippen molar-refractivity contribution < 1.29 is 17.6 Å². The highest BCUT2D eigenvalue weighted by Gasteiger charge is 2.14. The molecule has 1 N–H and O–H groups in total. The molecular weight excluding hydrogens is 445 g/mol. The molecule has 0 aliphatic rings. The molecule has 8 nitrogen and oxygen atoms in total. The van der Waals surface area contributed by atoms with E-state index >= 15 is 0 Å². The Hall–Kier alpha value is -4.18. The molecule has 0 bridgehead atoms. The van der Waals surface area contributed by atoms with Gasteiger partial charge in [-0.2, -0.15) is 10.2 Å². The van der Waals surface area contributed by atoms with Gasteiger partial charge in [-0.25, -0.2) is 22.9 Å². The summed E-state index contributed by atoms with van der Waals surface area (Å²) in [5.74, 6) is -0.776. The van der Waals surface area contributed by atoms with Crippen LogP contribution in [0.3, 0.4) is 0 Å². The first-order valence-corrected chi connectivity index (χ1v) is 11.6. The lowest BCUT2D eigenvalue weighted by atomic mass is 10.1. The Bertz CT molecular complexity index is 1420. The molecule has 0 saturated carbocycles. The van der Waals surface area contributed by atoms with Crippen molar-refractivity contribution in [3.63, 3.8) is 0 Å². The number of nitrogens with one attached hydrogen (secondary N) is 1. The quantitative estimate of drug-likeness (QED) is 0.349. The topological polar surface area (TPSA) is 106 Å². The molecule has 0 fully saturated rings. The van der Waals surface area contributed by atoms with Crippen LogP contribution in [-0.4, -0.2) is 41.6 Å². The molecule has 0 saturated heterocycles. The molecule has 0 spiro atoms. The first kappa shape index (κ1) is 22.0. The van der Waals surface area contributed by atoms with Gasteiger partial charge in [-0.15, -0.1) is 0 Å². The van der Waals surface area contributed by atoms with Crippen LogP contribution in [0.25, 0.3) is 16.9 Å². The van der Waals surface area contributed by atoms with Crippen molar-refractivity contribution in [2.45, 2.75) is 4.90 Å². The highest BCUT2D eigenvalue weighted by molar-refractivity contribution is 7.90. The van der Waals surface area contributed by atoms with Crippen molar-refractivity contribution in [3.05, 3.63) is 96.2 Å². The Balaban J connectivity index is 1.68. The van der Waals surface area contributed by atoms with Crippen LogP contribution in [0.15, 0.2) is 89.3 Å². The maximum absolute atomic E-state index is 13.3. The van der Waals surface area contributed by atoms with Crippen molar-refractivity contribution in [2.75, 3.05) is 6.26 Å². The number of halogens is 1. The van der Waals surface area contributed by atoms with Crippen molar-refractivity contribution >= 4 is 22.0 Å². The van der Waals surface area contributed by atoms with Gasteiger partial charge in [-0.3, -0.25) is 9.78 Å². The Labute approximate surface area is 189 Å². The fraction of sp³-hybridized carbons (Fsp3) is 0.0435. The van der Waals surface area contributed by atoms with Gasteiger partial charge in [0.05, 0.1) is 16.8 Å². The fourth-order valence-electron chi connectivity index (χ4n) is 3.02. The van der Waals surface area contributed by atoms with Crippen LogP contribution in [0.2, 0.25) is 0 Å². The second-order valence-electron chi connectivity index (χ2n) is 7.09. The molecule has 10 heteroatoms. The molecule has 166 valence electrons. The number of nitrogens with zero attached hydrogens (tertiary/aromatic N) is 4. The molecule has 0 atom stereocenters. The average Bonchev–Trinajstić information content (AvgIpc) is 3.23. The number of carbonyl (C=O) groups excluding carboxylic acids is 1. The van der Waals surface area contributed by atoms with Gasteiger partial charge in [-0.1, -0.05) is 12.1 Å². The molecule has 0 radical (unpaired) electrons. The molecule has 4 rings (SSSR count). The van der Waals surface area contributed by atoms with Crippen LogP contribution < -0.4 is 5.43 Å². The second kappa shape index (κ2) is 9.13. The summed E-state index contributed by atoms with van der Waals surface area (Å²) in [6.45, 7) is 0. The summed E-state index contributed by atoms with van der Waals surface area (Å²) < 4.78 is 38.4. The second-order valence-corrected chi connectivity index (χ2v) is 9.10. The molecule has 4 aromatic rings. The summed E-state index contributed by atoms with van der Waals surface area (Å²) in [5.41, 5.74) is 5.17. The predicted octanol–water partition coefficient (Wildman–Crippen LogP) is 3.24. The van der Waals surface area contributed by atoms with Gasteiger partial charge in [-0.05, 0) is 48.5 Å². The van der Waals surface area contributed by atoms with E-state index in [4.69, 9.17) is 0 Å². The third kappa shape index (κ3) is 5.18. The van der Waals surface area contributed by atoms with Crippen molar-refractivity contribution in [1.29, 1.82) is 0 Å². The Morgan fingerprint density at radius 3 is 2.33 bits per heavy atom. The van der Waals surface area contributed by atoms with Gasteiger partial charge in [0, 0.05) is 41.5 Å². The lowest BCUT2D eigenvalue weighted by Gasteiger charge is -2.03. The number of carbonyl (C=O) groups is 1. The van der Waals surface area contributed by atoms with Crippen molar-refractivity contribution in [1.82, 2.24) is 20.2 Å².